The summed E-state index contributed by atoms with van der Waals surface area (Å²) in [6.45, 7) is 4.73. The van der Waals surface area contributed by atoms with E-state index in [0.29, 0.717) is 5.41 Å². The number of unbranched alkanes of at least 4 members (excludes halogenated alkanes) is 1. The lowest BCUT2D eigenvalue weighted by molar-refractivity contribution is 0.186. The second-order valence-corrected chi connectivity index (χ2v) is 6.21. The highest BCUT2D eigenvalue weighted by atomic mass is 14.4. The van der Waals surface area contributed by atoms with Crippen molar-refractivity contribution in [2.45, 2.75) is 71.6 Å². The molecule has 0 heterocycles. The van der Waals surface area contributed by atoms with Gasteiger partial charge >= 0.3 is 0 Å². The molecule has 1 aliphatic carbocycles. The zero-order valence-corrected chi connectivity index (χ0v) is 12.8. The normalized spacial score (nSPS) is 24.5. The molecule has 1 fully saturated rings. The molecule has 1 aliphatic rings. The Kier molecular flexibility index (Phi) is 5.48. The van der Waals surface area contributed by atoms with Gasteiger partial charge in [0.05, 0.1) is 0 Å². The minimum absolute atomic E-state index is 0.560. The Balaban J connectivity index is 2.09. The minimum Gasteiger partial charge on any atom is -0.0654 e. The molecule has 1 radical (unpaired) electrons. The van der Waals surface area contributed by atoms with Gasteiger partial charge in [0, 0.05) is 0 Å². The molecule has 19 heavy (non-hydrogen) atoms. The van der Waals surface area contributed by atoms with Crippen molar-refractivity contribution >= 4 is 0 Å². The first-order chi connectivity index (χ1) is 9.30. The molecule has 0 saturated heterocycles. The van der Waals surface area contributed by atoms with E-state index in [0.717, 1.165) is 0 Å². The van der Waals surface area contributed by atoms with Crippen molar-refractivity contribution in [3.05, 3.63) is 41.8 Å². The molecule has 1 saturated carbocycles. The van der Waals surface area contributed by atoms with Crippen LogP contribution >= 0.6 is 0 Å². The summed E-state index contributed by atoms with van der Waals surface area (Å²) in [5, 5.41) is 0. The Morgan fingerprint density at radius 1 is 1.05 bits per heavy atom. The average Bonchev–Trinajstić information content (AvgIpc) is 2.48. The first kappa shape index (κ1) is 14.6. The number of hydrogen-bond donors (Lipinski definition) is 0. The number of hydrogen-bond acceptors (Lipinski definition) is 0. The topological polar surface area (TPSA) is 0 Å². The van der Waals surface area contributed by atoms with Crippen molar-refractivity contribution in [2.24, 2.45) is 5.41 Å². The molecule has 0 nitrogen and oxygen atoms in total. The van der Waals surface area contributed by atoms with Gasteiger partial charge in [0.25, 0.3) is 0 Å². The van der Waals surface area contributed by atoms with Gasteiger partial charge in [-0.05, 0) is 49.0 Å². The lowest BCUT2D eigenvalue weighted by atomic mass is 9.61. The molecule has 0 aliphatic heterocycles. The molecule has 0 aromatic heterocycles. The molecule has 0 spiro atoms. The summed E-state index contributed by atoms with van der Waals surface area (Å²) in [5.74, 6) is 1.85. The van der Waals surface area contributed by atoms with E-state index in [2.05, 4.69) is 44.2 Å². The van der Waals surface area contributed by atoms with Gasteiger partial charge in [-0.15, -0.1) is 0 Å². The summed E-state index contributed by atoms with van der Waals surface area (Å²) in [4.78, 5) is 0. The average molecular weight is 257 g/mol. The molecule has 0 heteroatoms. The summed E-state index contributed by atoms with van der Waals surface area (Å²) in [5.41, 5.74) is 2.07. The predicted molar refractivity (Wildman–Crippen MR) is 84.1 cm³/mol. The first-order valence-corrected chi connectivity index (χ1v) is 8.20. The quantitative estimate of drug-likeness (QED) is 0.589. The van der Waals surface area contributed by atoms with Crippen LogP contribution in [0.4, 0.5) is 0 Å². The van der Waals surface area contributed by atoms with Crippen LogP contribution in [0.5, 0.6) is 0 Å². The zero-order chi connectivity index (χ0) is 13.6. The Bertz CT molecular complexity index is 354. The van der Waals surface area contributed by atoms with Crippen LogP contribution in [-0.2, 0) is 6.42 Å². The van der Waals surface area contributed by atoms with Crippen molar-refractivity contribution in [2.75, 3.05) is 0 Å². The first-order valence-electron chi connectivity index (χ1n) is 8.20. The van der Waals surface area contributed by atoms with Gasteiger partial charge in [-0.2, -0.15) is 0 Å². The molecule has 1 atom stereocenters. The number of benzene rings is 1. The molecule has 105 valence electrons. The maximum atomic E-state index is 2.41. The van der Waals surface area contributed by atoms with E-state index in [1.165, 1.54) is 63.4 Å². The van der Waals surface area contributed by atoms with Crippen molar-refractivity contribution < 1.29 is 0 Å². The van der Waals surface area contributed by atoms with E-state index in [1.807, 2.05) is 5.92 Å². The highest BCUT2D eigenvalue weighted by molar-refractivity contribution is 5.22. The predicted octanol–water partition coefficient (Wildman–Crippen LogP) is 5.96. The van der Waals surface area contributed by atoms with E-state index in [1.54, 1.807) is 0 Å². The van der Waals surface area contributed by atoms with E-state index in [9.17, 15) is 0 Å². The molecule has 1 aromatic rings. The van der Waals surface area contributed by atoms with Crippen molar-refractivity contribution in [3.63, 3.8) is 0 Å². The highest BCUT2D eigenvalue weighted by Gasteiger charge is 2.38. The molecule has 1 unspecified atom stereocenters. The van der Waals surface area contributed by atoms with Crippen LogP contribution < -0.4 is 0 Å². The van der Waals surface area contributed by atoms with Crippen LogP contribution in [-0.4, -0.2) is 0 Å². The van der Waals surface area contributed by atoms with Gasteiger partial charge in [0.15, 0.2) is 0 Å². The minimum atomic E-state index is 0.560. The van der Waals surface area contributed by atoms with E-state index in [-0.39, 0.29) is 0 Å². The maximum Gasteiger partial charge on any atom is -0.0136 e. The maximum absolute atomic E-state index is 2.41. The third-order valence-electron chi connectivity index (χ3n) is 5.08. The van der Waals surface area contributed by atoms with Gasteiger partial charge in [-0.3, -0.25) is 0 Å². The second-order valence-electron chi connectivity index (χ2n) is 6.21. The van der Waals surface area contributed by atoms with Gasteiger partial charge < -0.3 is 0 Å². The number of rotatable bonds is 6. The van der Waals surface area contributed by atoms with Crippen molar-refractivity contribution in [3.8, 4) is 0 Å². The van der Waals surface area contributed by atoms with Gasteiger partial charge in [-0.25, -0.2) is 0 Å². The monoisotopic (exact) mass is 257 g/mol. The van der Waals surface area contributed by atoms with Crippen molar-refractivity contribution in [1.29, 1.82) is 0 Å². The van der Waals surface area contributed by atoms with Crippen molar-refractivity contribution in [1.82, 2.24) is 0 Å². The van der Waals surface area contributed by atoms with Crippen LogP contribution in [0.25, 0.3) is 0 Å². The fourth-order valence-electron chi connectivity index (χ4n) is 3.78. The van der Waals surface area contributed by atoms with Gasteiger partial charge in [-0.1, -0.05) is 69.9 Å². The summed E-state index contributed by atoms with van der Waals surface area (Å²) in [6.07, 6.45) is 12.4. The molecular weight excluding hydrogens is 228 g/mol. The molecular formula is C19H29. The lowest BCUT2D eigenvalue weighted by Gasteiger charge is -2.44. The Morgan fingerprint density at radius 3 is 2.53 bits per heavy atom. The SMILES string of the molecule is CCCCC1(CC)CCCC[C]1Cc1ccccc1. The molecule has 2 rings (SSSR count). The standard InChI is InChI=1S/C19H29/c1-3-5-14-19(4-2)15-10-9-13-18(19)16-17-11-7-6-8-12-17/h6-8,11-12H,3-5,9-10,13-16H2,1-2H3. The Labute approximate surface area is 119 Å². The second kappa shape index (κ2) is 7.12. The van der Waals surface area contributed by atoms with Crippen LogP contribution in [0.2, 0.25) is 0 Å². The highest BCUT2D eigenvalue weighted by Crippen LogP contribution is 2.50. The smallest absolute Gasteiger partial charge is 0.0136 e. The summed E-state index contributed by atoms with van der Waals surface area (Å²) < 4.78 is 0. The fraction of sp³-hybridized carbons (Fsp3) is 0.632. The van der Waals surface area contributed by atoms with Gasteiger partial charge in [0.2, 0.25) is 0 Å². The molecule has 1 aromatic carbocycles. The largest absolute Gasteiger partial charge is 0.0654 e. The molecule has 0 bridgehead atoms. The molecule has 0 N–H and O–H groups in total. The summed E-state index contributed by atoms with van der Waals surface area (Å²) in [7, 11) is 0. The van der Waals surface area contributed by atoms with E-state index >= 15 is 0 Å². The Morgan fingerprint density at radius 2 is 1.84 bits per heavy atom. The Hall–Kier alpha value is -0.780. The fourth-order valence-corrected chi connectivity index (χ4v) is 3.78. The van der Waals surface area contributed by atoms with Gasteiger partial charge in [0.1, 0.15) is 0 Å². The van der Waals surface area contributed by atoms with E-state index < -0.39 is 0 Å². The third-order valence-corrected chi connectivity index (χ3v) is 5.08. The zero-order valence-electron chi connectivity index (χ0n) is 12.8. The van der Waals surface area contributed by atoms with E-state index in [4.69, 9.17) is 0 Å². The van der Waals surface area contributed by atoms with Crippen LogP contribution in [0.15, 0.2) is 30.3 Å². The van der Waals surface area contributed by atoms with Crippen LogP contribution in [0.3, 0.4) is 0 Å². The van der Waals surface area contributed by atoms with Crippen LogP contribution in [0.1, 0.15) is 70.8 Å². The third kappa shape index (κ3) is 3.61. The summed E-state index contributed by atoms with van der Waals surface area (Å²) >= 11 is 0. The molecule has 0 amide bonds. The summed E-state index contributed by atoms with van der Waals surface area (Å²) in [6, 6.07) is 11.1. The van der Waals surface area contributed by atoms with Crippen LogP contribution in [0, 0.1) is 11.3 Å². The lowest BCUT2D eigenvalue weighted by Crippen LogP contribution is -2.33.